The van der Waals surface area contributed by atoms with Gasteiger partial charge in [-0.3, -0.25) is 9.88 Å². The molecule has 0 spiro atoms. The van der Waals surface area contributed by atoms with Gasteiger partial charge in [0.2, 0.25) is 0 Å². The van der Waals surface area contributed by atoms with Crippen LogP contribution in [0.2, 0.25) is 0 Å². The van der Waals surface area contributed by atoms with E-state index in [1.807, 2.05) is 46.0 Å². The smallest absolute Gasteiger partial charge is 0.335 e. The van der Waals surface area contributed by atoms with E-state index >= 15 is 0 Å². The second-order valence-electron chi connectivity index (χ2n) is 11.1. The van der Waals surface area contributed by atoms with Crippen LogP contribution in [-0.2, 0) is 4.74 Å². The number of aromatic carboxylic acids is 1. The second-order valence-corrected chi connectivity index (χ2v) is 11.1. The largest absolute Gasteiger partial charge is 0.478 e. The number of carboxylic acids is 1. The first-order valence-corrected chi connectivity index (χ1v) is 16.2. The summed E-state index contributed by atoms with van der Waals surface area (Å²) in [7, 11) is 1.73. The molecular weight excluding hydrogens is 548 g/mol. The normalized spacial score (nSPS) is 17.9. The first-order valence-electron chi connectivity index (χ1n) is 16.2. The Hall–Kier alpha value is -3.68. The highest BCUT2D eigenvalue weighted by molar-refractivity contribution is 5.87. The van der Waals surface area contributed by atoms with Crippen LogP contribution in [0.15, 0.2) is 60.3 Å². The Labute approximate surface area is 264 Å². The summed E-state index contributed by atoms with van der Waals surface area (Å²) in [6, 6.07) is 16.3. The molecule has 0 bridgehead atoms. The number of rotatable bonds is 8. The van der Waals surface area contributed by atoms with E-state index in [2.05, 4.69) is 78.6 Å². The molecule has 2 aromatic carbocycles. The number of hydrogen-bond donors (Lipinski definition) is 3. The summed E-state index contributed by atoms with van der Waals surface area (Å²) in [5.41, 5.74) is 9.59. The third-order valence-electron chi connectivity index (χ3n) is 8.72. The lowest BCUT2D eigenvalue weighted by atomic mass is 9.88. The molecule has 1 saturated heterocycles. The predicted molar refractivity (Wildman–Crippen MR) is 185 cm³/mol. The van der Waals surface area contributed by atoms with E-state index in [-0.39, 0.29) is 12.3 Å². The fourth-order valence-electron chi connectivity index (χ4n) is 5.86. The molecule has 0 saturated carbocycles. The molecule has 0 amide bonds. The summed E-state index contributed by atoms with van der Waals surface area (Å²) >= 11 is 0. The Morgan fingerprint density at radius 1 is 1.00 bits per heavy atom. The molecule has 0 radical (unpaired) electrons. The van der Waals surface area contributed by atoms with Gasteiger partial charge in [-0.2, -0.15) is 0 Å². The first-order chi connectivity index (χ1) is 21.2. The van der Waals surface area contributed by atoms with Crippen molar-refractivity contribution in [1.29, 1.82) is 0 Å². The maximum atomic E-state index is 11.2. The molecule has 3 N–H and O–H groups in total. The quantitative estimate of drug-likeness (QED) is 0.238. The lowest BCUT2D eigenvalue weighted by Gasteiger charge is -2.37. The summed E-state index contributed by atoms with van der Waals surface area (Å²) in [6.45, 7) is 18.7. The number of likely N-dealkylation sites (tertiary alicyclic amines) is 1. The number of benzene rings is 2. The van der Waals surface area contributed by atoms with E-state index in [1.54, 1.807) is 19.2 Å². The number of pyridine rings is 1. The van der Waals surface area contributed by atoms with Gasteiger partial charge < -0.3 is 20.5 Å². The molecule has 3 atom stereocenters. The number of anilines is 2. The first kappa shape index (κ1) is 34.8. The lowest BCUT2D eigenvalue weighted by Crippen LogP contribution is -2.40. The Balaban J connectivity index is 0.00000127. The topological polar surface area (TPSA) is 86.7 Å². The van der Waals surface area contributed by atoms with Crippen molar-refractivity contribution in [1.82, 2.24) is 9.88 Å². The van der Waals surface area contributed by atoms with Crippen LogP contribution in [0.25, 0.3) is 17.2 Å². The van der Waals surface area contributed by atoms with Crippen molar-refractivity contribution in [2.75, 3.05) is 30.8 Å². The number of piperidine rings is 1. The van der Waals surface area contributed by atoms with Gasteiger partial charge in [0, 0.05) is 30.6 Å². The number of carbonyl (C=O) groups is 1. The summed E-state index contributed by atoms with van der Waals surface area (Å²) in [5, 5.41) is 16.2. The number of aromatic nitrogens is 1. The molecule has 1 fully saturated rings. The van der Waals surface area contributed by atoms with Crippen molar-refractivity contribution >= 4 is 23.4 Å². The third kappa shape index (κ3) is 8.07. The molecule has 44 heavy (non-hydrogen) atoms. The molecule has 3 aromatic rings. The van der Waals surface area contributed by atoms with Crippen molar-refractivity contribution in [2.24, 2.45) is 0 Å². The number of fused-ring (bicyclic) bond motifs is 1. The summed E-state index contributed by atoms with van der Waals surface area (Å²) in [6.07, 6.45) is 6.44. The molecule has 2 aliphatic heterocycles. The Kier molecular flexibility index (Phi) is 13.0. The van der Waals surface area contributed by atoms with E-state index in [0.29, 0.717) is 17.5 Å². The van der Waals surface area contributed by atoms with Crippen molar-refractivity contribution in [3.8, 4) is 11.1 Å². The summed E-state index contributed by atoms with van der Waals surface area (Å²) in [4.78, 5) is 18.4. The van der Waals surface area contributed by atoms with Crippen LogP contribution >= 0.6 is 0 Å². The van der Waals surface area contributed by atoms with Crippen LogP contribution in [0.1, 0.15) is 94.4 Å². The van der Waals surface area contributed by atoms with Crippen LogP contribution in [0, 0.1) is 6.92 Å². The van der Waals surface area contributed by atoms with Gasteiger partial charge in [-0.25, -0.2) is 4.79 Å². The van der Waals surface area contributed by atoms with Gasteiger partial charge in [0.25, 0.3) is 0 Å². The van der Waals surface area contributed by atoms with Gasteiger partial charge >= 0.3 is 5.97 Å². The average molecular weight is 601 g/mol. The average Bonchev–Trinajstić information content (AvgIpc) is 3.50. The Morgan fingerprint density at radius 2 is 1.64 bits per heavy atom. The standard InChI is InChI=1S/C33H40N4O3.2C2H6/c1-20(22(3)37-16-13-25(14-17-37)24-6-8-26(9-7-24)33(38)39)18-29-21(2)34-15-12-28(29)27-10-11-30-31(19-27)36-32(35-30)23(4)40-5;2*1-2/h6-12,15,18-19,22-23,25,32,35-36H,13-14,16-17H2,1-5H3,(H,38,39);2*1-2H3/b20-18+;;/t22?,23-,32?;;/m1../s1. The fraction of sp³-hybridized carbons (Fsp3) is 0.459. The second kappa shape index (κ2) is 16.4. The minimum Gasteiger partial charge on any atom is -0.478 e. The highest BCUT2D eigenvalue weighted by atomic mass is 16.5. The monoisotopic (exact) mass is 600 g/mol. The lowest BCUT2D eigenvalue weighted by molar-refractivity contribution is 0.0696. The summed E-state index contributed by atoms with van der Waals surface area (Å²) < 4.78 is 5.51. The molecule has 3 heterocycles. The molecule has 1 aromatic heterocycles. The number of nitrogens with one attached hydrogen (secondary N) is 2. The van der Waals surface area contributed by atoms with Crippen LogP contribution < -0.4 is 10.6 Å². The number of ether oxygens (including phenoxy) is 1. The maximum Gasteiger partial charge on any atom is 0.335 e. The number of hydrogen-bond acceptors (Lipinski definition) is 6. The molecule has 7 nitrogen and oxygen atoms in total. The van der Waals surface area contributed by atoms with Crippen LogP contribution in [0.4, 0.5) is 11.4 Å². The zero-order valence-electron chi connectivity index (χ0n) is 28.1. The Bertz CT molecular complexity index is 1390. The van der Waals surface area contributed by atoms with Crippen LogP contribution in [0.5, 0.6) is 0 Å². The molecule has 0 aliphatic carbocycles. The highest BCUT2D eigenvalue weighted by Gasteiger charge is 2.26. The fourth-order valence-corrected chi connectivity index (χ4v) is 5.86. The van der Waals surface area contributed by atoms with Crippen molar-refractivity contribution in [2.45, 2.75) is 92.5 Å². The maximum absolute atomic E-state index is 11.2. The molecule has 7 heteroatoms. The third-order valence-corrected chi connectivity index (χ3v) is 8.72. The number of methoxy groups -OCH3 is 1. The minimum atomic E-state index is -0.875. The van der Waals surface area contributed by atoms with Crippen LogP contribution in [0.3, 0.4) is 0 Å². The predicted octanol–water partition coefficient (Wildman–Crippen LogP) is 8.68. The SMILES string of the molecule is CC.CC.CO[C@H](C)C1Nc2ccc(-c3ccnc(C)c3/C=C(\C)C(C)N3CCC(c4ccc(C(=O)O)cc4)CC3)cc2N1. The number of carboxylic acid groups (broad SMARTS) is 1. The van der Waals surface area contributed by atoms with Gasteiger partial charge in [0.15, 0.2) is 0 Å². The van der Waals surface area contributed by atoms with E-state index < -0.39 is 5.97 Å². The Morgan fingerprint density at radius 3 is 2.25 bits per heavy atom. The van der Waals surface area contributed by atoms with Gasteiger partial charge in [-0.1, -0.05) is 57.5 Å². The highest BCUT2D eigenvalue weighted by Crippen LogP contribution is 2.37. The van der Waals surface area contributed by atoms with E-state index in [9.17, 15) is 9.90 Å². The summed E-state index contributed by atoms with van der Waals surface area (Å²) in [5.74, 6) is -0.406. The molecular formula is C37H52N4O3. The van der Waals surface area contributed by atoms with Gasteiger partial charge in [0.1, 0.15) is 6.17 Å². The van der Waals surface area contributed by atoms with Crippen molar-refractivity contribution in [3.05, 3.63) is 82.7 Å². The van der Waals surface area contributed by atoms with Gasteiger partial charge in [-0.05, 0) is 107 Å². The van der Waals surface area contributed by atoms with Crippen molar-refractivity contribution in [3.63, 3.8) is 0 Å². The van der Waals surface area contributed by atoms with E-state index in [0.717, 1.165) is 54.1 Å². The van der Waals surface area contributed by atoms with Crippen molar-refractivity contribution < 1.29 is 14.6 Å². The number of nitrogens with zero attached hydrogens (tertiary/aromatic N) is 2. The van der Waals surface area contributed by atoms with E-state index in [4.69, 9.17) is 4.74 Å². The zero-order valence-corrected chi connectivity index (χ0v) is 28.1. The van der Waals surface area contributed by atoms with Gasteiger partial charge in [0.05, 0.1) is 23.0 Å². The molecule has 238 valence electrons. The number of aryl methyl sites for hydroxylation is 1. The molecule has 5 rings (SSSR count). The minimum absolute atomic E-state index is 0.0456. The van der Waals surface area contributed by atoms with Gasteiger partial charge in [-0.15, -0.1) is 0 Å². The van der Waals surface area contributed by atoms with E-state index in [1.165, 1.54) is 16.7 Å². The molecule has 2 unspecified atom stereocenters. The zero-order chi connectivity index (χ0) is 32.4. The molecule has 2 aliphatic rings. The van der Waals surface area contributed by atoms with Crippen LogP contribution in [-0.4, -0.2) is 59.5 Å².